The molecule has 2 aliphatic heterocycles. The van der Waals surface area contributed by atoms with Crippen molar-refractivity contribution in [1.29, 1.82) is 0 Å². The fourth-order valence-corrected chi connectivity index (χ4v) is 3.67. The second-order valence-corrected chi connectivity index (χ2v) is 7.48. The molecular formula is C18H25N5O4. The molecule has 0 aliphatic carbocycles. The van der Waals surface area contributed by atoms with E-state index in [0.717, 1.165) is 0 Å². The predicted octanol–water partition coefficient (Wildman–Crippen LogP) is -0.128. The van der Waals surface area contributed by atoms with Crippen LogP contribution in [0, 0.1) is 5.92 Å². The van der Waals surface area contributed by atoms with Crippen molar-refractivity contribution in [3.8, 4) is 5.75 Å². The van der Waals surface area contributed by atoms with Crippen LogP contribution in [-0.2, 0) is 14.4 Å². The Morgan fingerprint density at radius 3 is 2.89 bits per heavy atom. The first-order chi connectivity index (χ1) is 12.8. The minimum atomic E-state index is -1.35. The molecule has 3 heterocycles. The number of hydrogen-bond acceptors (Lipinski definition) is 6. The third-order valence-electron chi connectivity index (χ3n) is 5.04. The second-order valence-electron chi connectivity index (χ2n) is 7.48. The number of likely N-dealkylation sites (tertiary alicyclic amines) is 1. The highest BCUT2D eigenvalue weighted by molar-refractivity contribution is 6.03. The number of anilines is 1. The molecule has 1 aromatic rings. The Morgan fingerprint density at radius 1 is 1.52 bits per heavy atom. The minimum Gasteiger partial charge on any atom is -0.473 e. The summed E-state index contributed by atoms with van der Waals surface area (Å²) >= 11 is 0. The number of primary amides is 1. The number of rotatable bonds is 5. The Balaban J connectivity index is 1.90. The molecule has 4 N–H and O–H groups in total. The number of likely N-dealkylation sites (N-methyl/N-ethyl adjacent to an activating group) is 1. The molecule has 146 valence electrons. The van der Waals surface area contributed by atoms with Crippen LogP contribution in [0.3, 0.4) is 0 Å². The Labute approximate surface area is 157 Å². The smallest absolute Gasteiger partial charge is 0.270 e. The normalized spacial score (nSPS) is 25.1. The first kappa shape index (κ1) is 19.1. The summed E-state index contributed by atoms with van der Waals surface area (Å²) in [4.78, 5) is 43.2. The number of nitrogens with one attached hydrogen (secondary N) is 2. The van der Waals surface area contributed by atoms with Gasteiger partial charge in [-0.15, -0.1) is 0 Å². The maximum atomic E-state index is 13.1. The molecule has 3 rings (SSSR count). The molecule has 1 aromatic heterocycles. The zero-order valence-electron chi connectivity index (χ0n) is 15.7. The molecule has 0 bridgehead atoms. The van der Waals surface area contributed by atoms with Gasteiger partial charge in [0.15, 0.2) is 0 Å². The van der Waals surface area contributed by atoms with Crippen molar-refractivity contribution < 1.29 is 19.1 Å². The lowest BCUT2D eigenvalue weighted by Crippen LogP contribution is -2.54. The maximum Gasteiger partial charge on any atom is 0.270 e. The topological polar surface area (TPSA) is 127 Å². The molecule has 1 saturated heterocycles. The van der Waals surface area contributed by atoms with Gasteiger partial charge in [0.1, 0.15) is 17.5 Å². The number of carbonyl (C=O) groups is 3. The Kier molecular flexibility index (Phi) is 5.05. The fraction of sp³-hybridized carbons (Fsp3) is 0.556. The minimum absolute atomic E-state index is 0.0137. The van der Waals surface area contributed by atoms with Gasteiger partial charge >= 0.3 is 0 Å². The van der Waals surface area contributed by atoms with E-state index >= 15 is 0 Å². The average Bonchev–Trinajstić information content (AvgIpc) is 3.01. The lowest BCUT2D eigenvalue weighted by molar-refractivity contribution is -0.140. The first-order valence-corrected chi connectivity index (χ1v) is 8.99. The van der Waals surface area contributed by atoms with Gasteiger partial charge < -0.3 is 26.0 Å². The Morgan fingerprint density at radius 2 is 2.26 bits per heavy atom. The van der Waals surface area contributed by atoms with Gasteiger partial charge in [-0.1, -0.05) is 13.8 Å². The molecule has 3 atom stereocenters. The molecule has 2 aliphatic rings. The van der Waals surface area contributed by atoms with Gasteiger partial charge in [0.05, 0.1) is 18.8 Å². The van der Waals surface area contributed by atoms with Crippen LogP contribution in [0.1, 0.15) is 26.7 Å². The zero-order chi connectivity index (χ0) is 19.8. The van der Waals surface area contributed by atoms with Gasteiger partial charge in [-0.05, 0) is 19.4 Å². The third-order valence-corrected chi connectivity index (χ3v) is 5.04. The summed E-state index contributed by atoms with van der Waals surface area (Å²) in [5.41, 5.74) is 4.66. The van der Waals surface area contributed by atoms with Crippen LogP contribution in [0.2, 0.25) is 0 Å². The predicted molar refractivity (Wildman–Crippen MR) is 97.8 cm³/mol. The lowest BCUT2D eigenvalue weighted by atomic mass is 9.96. The van der Waals surface area contributed by atoms with Crippen molar-refractivity contribution in [1.82, 2.24) is 15.2 Å². The summed E-state index contributed by atoms with van der Waals surface area (Å²) in [7, 11) is 1.70. The van der Waals surface area contributed by atoms with Gasteiger partial charge in [0.25, 0.3) is 5.91 Å². The van der Waals surface area contributed by atoms with E-state index in [-0.39, 0.29) is 24.8 Å². The standard InChI is InChI=1S/C18H25N5O4/c1-10(2)6-11(20-3)16(25)23-9-18(7-13(23)15(19)24)17(26)22-12-8-21-5-4-14(12)27-18/h4-5,8,10-11,13,20H,6-7,9H2,1-3H3,(H2,19,24)(H,22,26)/t11?,13-,18?/m0/s1. The van der Waals surface area contributed by atoms with Crippen molar-refractivity contribution in [3.63, 3.8) is 0 Å². The summed E-state index contributed by atoms with van der Waals surface area (Å²) in [6.07, 6.45) is 3.65. The third kappa shape index (κ3) is 3.46. The second kappa shape index (κ2) is 7.15. The molecule has 3 amide bonds. The van der Waals surface area contributed by atoms with Crippen LogP contribution in [0.15, 0.2) is 18.5 Å². The van der Waals surface area contributed by atoms with Crippen molar-refractivity contribution in [2.24, 2.45) is 11.7 Å². The van der Waals surface area contributed by atoms with Crippen molar-refractivity contribution in [3.05, 3.63) is 18.5 Å². The van der Waals surface area contributed by atoms with Crippen LogP contribution in [0.25, 0.3) is 0 Å². The number of nitrogens with zero attached hydrogens (tertiary/aromatic N) is 2. The maximum absolute atomic E-state index is 13.1. The van der Waals surface area contributed by atoms with E-state index in [0.29, 0.717) is 17.9 Å². The van der Waals surface area contributed by atoms with Gasteiger partial charge in [-0.25, -0.2) is 0 Å². The fourth-order valence-electron chi connectivity index (χ4n) is 3.67. The molecular weight excluding hydrogens is 350 g/mol. The number of hydrogen-bond donors (Lipinski definition) is 3. The molecule has 1 fully saturated rings. The number of aromatic nitrogens is 1. The largest absolute Gasteiger partial charge is 0.473 e. The zero-order valence-corrected chi connectivity index (χ0v) is 15.7. The Bertz CT molecular complexity index is 768. The summed E-state index contributed by atoms with van der Waals surface area (Å²) in [6.45, 7) is 3.98. The van der Waals surface area contributed by atoms with E-state index in [2.05, 4.69) is 15.6 Å². The first-order valence-electron chi connectivity index (χ1n) is 8.99. The summed E-state index contributed by atoms with van der Waals surface area (Å²) in [5.74, 6) is -0.590. The SMILES string of the molecule is CNC(CC(C)C)C(=O)N1CC2(C[C@H]1C(N)=O)Oc1ccncc1NC2=O. The van der Waals surface area contributed by atoms with Crippen LogP contribution in [0.5, 0.6) is 5.75 Å². The number of nitrogens with two attached hydrogens (primary N) is 1. The van der Waals surface area contributed by atoms with Gasteiger partial charge in [-0.3, -0.25) is 19.4 Å². The van der Waals surface area contributed by atoms with Crippen molar-refractivity contribution in [2.45, 2.75) is 44.4 Å². The lowest BCUT2D eigenvalue weighted by Gasteiger charge is -2.34. The van der Waals surface area contributed by atoms with E-state index in [1.54, 1.807) is 19.3 Å². The number of amides is 3. The summed E-state index contributed by atoms with van der Waals surface area (Å²) in [6, 6.07) is 0.259. The average molecular weight is 375 g/mol. The molecule has 27 heavy (non-hydrogen) atoms. The molecule has 9 heteroatoms. The van der Waals surface area contributed by atoms with Crippen LogP contribution in [-0.4, -0.2) is 58.9 Å². The molecule has 1 spiro atoms. The van der Waals surface area contributed by atoms with Crippen LogP contribution < -0.4 is 21.1 Å². The highest BCUT2D eigenvalue weighted by Crippen LogP contribution is 2.39. The quantitative estimate of drug-likeness (QED) is 0.658. The number of fused-ring (bicyclic) bond motifs is 1. The van der Waals surface area contributed by atoms with E-state index < -0.39 is 29.5 Å². The van der Waals surface area contributed by atoms with E-state index in [9.17, 15) is 14.4 Å². The number of ether oxygens (including phenoxy) is 1. The number of carbonyl (C=O) groups excluding carboxylic acids is 3. The van der Waals surface area contributed by atoms with Crippen molar-refractivity contribution in [2.75, 3.05) is 18.9 Å². The molecule has 0 radical (unpaired) electrons. The van der Waals surface area contributed by atoms with Gasteiger partial charge in [0, 0.05) is 18.7 Å². The van der Waals surface area contributed by atoms with Crippen LogP contribution in [0.4, 0.5) is 5.69 Å². The molecule has 0 aromatic carbocycles. The Hall–Kier alpha value is -2.68. The summed E-state index contributed by atoms with van der Waals surface area (Å²) in [5, 5.41) is 5.75. The van der Waals surface area contributed by atoms with E-state index in [1.165, 1.54) is 11.1 Å². The van der Waals surface area contributed by atoms with E-state index in [4.69, 9.17) is 10.5 Å². The molecule has 0 saturated carbocycles. The summed E-state index contributed by atoms with van der Waals surface area (Å²) < 4.78 is 5.97. The van der Waals surface area contributed by atoms with E-state index in [1.807, 2.05) is 13.8 Å². The highest BCUT2D eigenvalue weighted by Gasteiger charge is 2.57. The molecule has 2 unspecified atom stereocenters. The van der Waals surface area contributed by atoms with Crippen molar-refractivity contribution >= 4 is 23.4 Å². The van der Waals surface area contributed by atoms with Gasteiger partial charge in [0.2, 0.25) is 17.4 Å². The van der Waals surface area contributed by atoms with Crippen LogP contribution >= 0.6 is 0 Å². The molecule has 9 nitrogen and oxygen atoms in total. The number of pyridine rings is 1. The monoisotopic (exact) mass is 375 g/mol. The highest BCUT2D eigenvalue weighted by atomic mass is 16.5. The van der Waals surface area contributed by atoms with Gasteiger partial charge in [-0.2, -0.15) is 0 Å².